The summed E-state index contributed by atoms with van der Waals surface area (Å²) in [6, 6.07) is 43.4. The molecule has 0 fully saturated rings. The van der Waals surface area contributed by atoms with Crippen molar-refractivity contribution in [3.8, 4) is 22.4 Å². The minimum absolute atomic E-state index is 1.02. The molecule has 40 heavy (non-hydrogen) atoms. The van der Waals surface area contributed by atoms with Gasteiger partial charge in [0.05, 0.1) is 26.9 Å². The van der Waals surface area contributed by atoms with Crippen molar-refractivity contribution in [3.05, 3.63) is 128 Å². The highest BCUT2D eigenvalue weighted by molar-refractivity contribution is 7.26. The van der Waals surface area contributed by atoms with Crippen molar-refractivity contribution >= 4 is 69.9 Å². The molecule has 0 radical (unpaired) electrons. The molecule has 0 aliphatic rings. The van der Waals surface area contributed by atoms with Gasteiger partial charge in [-0.3, -0.25) is 9.38 Å². The lowest BCUT2D eigenvalue weighted by atomic mass is 9.94. The molecule has 0 atom stereocenters. The highest BCUT2D eigenvalue weighted by Crippen LogP contribution is 2.41. The van der Waals surface area contributed by atoms with Gasteiger partial charge in [-0.2, -0.15) is 0 Å². The quantitative estimate of drug-likeness (QED) is 0.209. The Labute approximate surface area is 233 Å². The lowest BCUT2D eigenvalue weighted by molar-refractivity contribution is 1.25. The van der Waals surface area contributed by atoms with Crippen LogP contribution in [0.5, 0.6) is 0 Å². The molecule has 0 aliphatic heterocycles. The third-order valence-corrected chi connectivity index (χ3v) is 9.21. The van der Waals surface area contributed by atoms with Crippen LogP contribution < -0.4 is 0 Å². The third kappa shape index (κ3) is 3.05. The normalized spacial score (nSPS) is 12.0. The number of thiophene rings is 1. The van der Waals surface area contributed by atoms with E-state index in [2.05, 4.69) is 125 Å². The van der Waals surface area contributed by atoms with E-state index in [4.69, 9.17) is 4.98 Å². The van der Waals surface area contributed by atoms with E-state index in [9.17, 15) is 0 Å². The van der Waals surface area contributed by atoms with Gasteiger partial charge in [-0.1, -0.05) is 84.9 Å². The van der Waals surface area contributed by atoms with Gasteiger partial charge in [0.1, 0.15) is 0 Å². The summed E-state index contributed by atoms with van der Waals surface area (Å²) in [7, 11) is 0. The van der Waals surface area contributed by atoms with Gasteiger partial charge in [-0.25, -0.2) is 4.98 Å². The highest BCUT2D eigenvalue weighted by atomic mass is 32.1. The molecule has 5 aromatic carbocycles. The van der Waals surface area contributed by atoms with Crippen molar-refractivity contribution < 1.29 is 0 Å². The predicted molar refractivity (Wildman–Crippen MR) is 169 cm³/mol. The fourth-order valence-corrected chi connectivity index (χ4v) is 7.35. The van der Waals surface area contributed by atoms with Gasteiger partial charge in [0.25, 0.3) is 0 Å². The van der Waals surface area contributed by atoms with Gasteiger partial charge in [-0.15, -0.1) is 11.3 Å². The van der Waals surface area contributed by atoms with Crippen LogP contribution in [0.2, 0.25) is 0 Å². The number of para-hydroxylation sites is 2. The monoisotopic (exact) mass is 527 g/mol. The molecule has 0 saturated heterocycles. The molecule has 0 N–H and O–H groups in total. The number of nitrogens with zero attached hydrogens (tertiary/aromatic N) is 3. The Kier molecular flexibility index (Phi) is 4.48. The average molecular weight is 528 g/mol. The van der Waals surface area contributed by atoms with Gasteiger partial charge >= 0.3 is 0 Å². The van der Waals surface area contributed by atoms with Crippen molar-refractivity contribution in [1.82, 2.24) is 14.4 Å². The minimum Gasteiger partial charge on any atom is -0.291 e. The van der Waals surface area contributed by atoms with E-state index in [-0.39, 0.29) is 0 Å². The van der Waals surface area contributed by atoms with Crippen LogP contribution in [0.3, 0.4) is 0 Å². The van der Waals surface area contributed by atoms with E-state index < -0.39 is 0 Å². The highest BCUT2D eigenvalue weighted by Gasteiger charge is 2.17. The van der Waals surface area contributed by atoms with Gasteiger partial charge < -0.3 is 0 Å². The Morgan fingerprint density at radius 1 is 0.600 bits per heavy atom. The maximum Gasteiger partial charge on any atom is 0.156 e. The fourth-order valence-electron chi connectivity index (χ4n) is 6.19. The number of imidazole rings is 1. The van der Waals surface area contributed by atoms with Crippen molar-refractivity contribution in [2.75, 3.05) is 0 Å². The summed E-state index contributed by atoms with van der Waals surface area (Å²) in [6.07, 6.45) is 1.87. The average Bonchev–Trinajstić information content (AvgIpc) is 3.59. The summed E-state index contributed by atoms with van der Waals surface area (Å²) in [6.45, 7) is 0. The standard InChI is InChI=1S/C36H21N3S/c1-2-11-27-25(9-1)28(20-24-8-7-19-37-34(24)27)22-15-17-23(18-16-22)32-21-29-26-10-3-6-14-33(26)40-35(29)36-38-30-12-4-5-13-31(30)39(32)36/h1-21H. The molecule has 4 aromatic heterocycles. The van der Waals surface area contributed by atoms with Crippen LogP contribution in [0.15, 0.2) is 128 Å². The lowest BCUT2D eigenvalue weighted by Gasteiger charge is -2.12. The van der Waals surface area contributed by atoms with Crippen LogP contribution in [0.25, 0.3) is 80.9 Å². The Bertz CT molecular complexity index is 2430. The predicted octanol–water partition coefficient (Wildman–Crippen LogP) is 9.89. The number of rotatable bonds is 2. The Hall–Kier alpha value is -5.06. The molecule has 4 heteroatoms. The molecule has 0 aliphatic carbocycles. The third-order valence-electron chi connectivity index (χ3n) is 8.02. The number of hydrogen-bond acceptors (Lipinski definition) is 3. The molecular weight excluding hydrogens is 506 g/mol. The summed E-state index contributed by atoms with van der Waals surface area (Å²) in [5.41, 5.74) is 8.95. The fraction of sp³-hybridized carbons (Fsp3) is 0. The van der Waals surface area contributed by atoms with Crippen molar-refractivity contribution in [3.63, 3.8) is 0 Å². The van der Waals surface area contributed by atoms with Gasteiger partial charge in [0.2, 0.25) is 0 Å². The van der Waals surface area contributed by atoms with Gasteiger partial charge in [0.15, 0.2) is 5.65 Å². The first-order valence-electron chi connectivity index (χ1n) is 13.4. The second-order valence-electron chi connectivity index (χ2n) is 10.3. The van der Waals surface area contributed by atoms with Crippen molar-refractivity contribution in [2.45, 2.75) is 0 Å². The van der Waals surface area contributed by atoms with E-state index in [1.54, 1.807) is 0 Å². The number of hydrogen-bond donors (Lipinski definition) is 0. The van der Waals surface area contributed by atoms with E-state index in [0.29, 0.717) is 0 Å². The molecule has 4 heterocycles. The summed E-state index contributed by atoms with van der Waals surface area (Å²) in [4.78, 5) is 9.80. The molecule has 0 amide bonds. The van der Waals surface area contributed by atoms with E-state index in [1.165, 1.54) is 47.6 Å². The number of pyridine rings is 2. The Balaban J connectivity index is 1.30. The number of benzene rings is 5. The molecule has 3 nitrogen and oxygen atoms in total. The molecule has 186 valence electrons. The van der Waals surface area contributed by atoms with Gasteiger partial charge in [0, 0.05) is 32.4 Å². The summed E-state index contributed by atoms with van der Waals surface area (Å²) >= 11 is 1.82. The molecular formula is C36H21N3S. The van der Waals surface area contributed by atoms with Crippen LogP contribution in [-0.2, 0) is 0 Å². The molecule has 0 unspecified atom stereocenters. The summed E-state index contributed by atoms with van der Waals surface area (Å²) in [5.74, 6) is 0. The zero-order valence-electron chi connectivity index (χ0n) is 21.4. The first-order valence-corrected chi connectivity index (χ1v) is 14.2. The summed E-state index contributed by atoms with van der Waals surface area (Å²) < 4.78 is 4.85. The molecule has 0 spiro atoms. The second kappa shape index (κ2) is 8.22. The van der Waals surface area contributed by atoms with E-state index in [1.807, 2.05) is 23.6 Å². The zero-order chi connectivity index (χ0) is 26.2. The first-order chi connectivity index (χ1) is 19.8. The van der Waals surface area contributed by atoms with Crippen LogP contribution >= 0.6 is 11.3 Å². The summed E-state index contributed by atoms with van der Waals surface area (Å²) in [5, 5.41) is 6.10. The van der Waals surface area contributed by atoms with Gasteiger partial charge in [-0.05, 0) is 58.5 Å². The molecule has 9 rings (SSSR count). The Morgan fingerprint density at radius 3 is 2.25 bits per heavy atom. The van der Waals surface area contributed by atoms with Crippen LogP contribution in [0, 0.1) is 0 Å². The van der Waals surface area contributed by atoms with E-state index >= 15 is 0 Å². The topological polar surface area (TPSA) is 30.2 Å². The largest absolute Gasteiger partial charge is 0.291 e. The van der Waals surface area contributed by atoms with Crippen LogP contribution in [-0.4, -0.2) is 14.4 Å². The van der Waals surface area contributed by atoms with Crippen molar-refractivity contribution in [2.24, 2.45) is 0 Å². The number of aromatic nitrogens is 3. The van der Waals surface area contributed by atoms with Crippen molar-refractivity contribution in [1.29, 1.82) is 0 Å². The van der Waals surface area contributed by atoms with E-state index in [0.717, 1.165) is 33.3 Å². The minimum atomic E-state index is 1.02. The smallest absolute Gasteiger partial charge is 0.156 e. The SMILES string of the molecule is c1cnc2c(c1)cc(-c1ccc(-c3cc4c5ccccc5sc4c4nc5ccccc5n34)cc1)c1ccccc12. The first kappa shape index (κ1) is 21.8. The molecule has 0 bridgehead atoms. The Morgan fingerprint density at radius 2 is 1.35 bits per heavy atom. The molecule has 9 aromatic rings. The van der Waals surface area contributed by atoms with Crippen LogP contribution in [0.4, 0.5) is 0 Å². The van der Waals surface area contributed by atoms with Crippen LogP contribution in [0.1, 0.15) is 0 Å². The second-order valence-corrected chi connectivity index (χ2v) is 11.3. The zero-order valence-corrected chi connectivity index (χ0v) is 22.2. The maximum absolute atomic E-state index is 5.12. The molecule has 0 saturated carbocycles. The lowest BCUT2D eigenvalue weighted by Crippen LogP contribution is -1.93. The maximum atomic E-state index is 5.12. The number of fused-ring (bicyclic) bond motifs is 10.